The molecule has 2 fully saturated rings. The molecule has 3 heterocycles. The minimum Gasteiger partial charge on any atom is -0.469 e. The number of nitrogens with zero attached hydrogens (tertiary/aromatic N) is 3. The molecule has 176 valence electrons. The van der Waals surface area contributed by atoms with E-state index in [1.807, 2.05) is 12.1 Å². The molecule has 2 saturated heterocycles. The highest BCUT2D eigenvalue weighted by Gasteiger charge is 2.24. The van der Waals surface area contributed by atoms with Crippen LogP contribution in [0.5, 0.6) is 0 Å². The van der Waals surface area contributed by atoms with Gasteiger partial charge in [-0.05, 0) is 44.2 Å². The Morgan fingerprint density at radius 3 is 2.74 bits per heavy atom. The molecule has 1 atom stereocenters. The molecule has 0 aromatic carbocycles. The van der Waals surface area contributed by atoms with Gasteiger partial charge in [0.2, 0.25) is 5.91 Å². The number of hydrogen-bond acceptors (Lipinski definition) is 5. The summed E-state index contributed by atoms with van der Waals surface area (Å²) in [5.74, 6) is 1.71. The highest BCUT2D eigenvalue weighted by Crippen LogP contribution is 2.18. The van der Waals surface area contributed by atoms with E-state index in [1.54, 1.807) is 25.3 Å². The number of furan rings is 1. The Kier molecular flexibility index (Phi) is 11.7. The number of guanidine groups is 1. The Bertz CT molecular complexity index is 654. The van der Waals surface area contributed by atoms with Crippen molar-refractivity contribution in [3.63, 3.8) is 0 Å². The second-order valence-electron chi connectivity index (χ2n) is 8.19. The third kappa shape index (κ3) is 8.97. The summed E-state index contributed by atoms with van der Waals surface area (Å²) in [6.45, 7) is 4.13. The van der Waals surface area contributed by atoms with Gasteiger partial charge < -0.3 is 29.0 Å². The molecule has 8 nitrogen and oxygen atoms in total. The third-order valence-corrected chi connectivity index (χ3v) is 5.63. The highest BCUT2D eigenvalue weighted by atomic mass is 127. The molecule has 1 N–H and O–H groups in total. The molecule has 0 spiro atoms. The van der Waals surface area contributed by atoms with Crippen LogP contribution in [0.1, 0.15) is 37.9 Å². The summed E-state index contributed by atoms with van der Waals surface area (Å²) < 4.78 is 17.3. The summed E-state index contributed by atoms with van der Waals surface area (Å²) in [6, 6.07) is 3.86. The quantitative estimate of drug-likeness (QED) is 0.306. The zero-order chi connectivity index (χ0) is 21.2. The fraction of sp³-hybridized carbons (Fsp3) is 0.727. The number of piperidine rings is 1. The molecule has 2 aliphatic rings. The molecule has 1 aromatic heterocycles. The molecular weight excluding hydrogens is 511 g/mol. The molecule has 0 aliphatic carbocycles. The maximum absolute atomic E-state index is 12.0. The molecule has 1 aromatic rings. The van der Waals surface area contributed by atoms with Crippen molar-refractivity contribution < 1.29 is 18.7 Å². The van der Waals surface area contributed by atoms with Crippen molar-refractivity contribution in [3.05, 3.63) is 24.2 Å². The lowest BCUT2D eigenvalue weighted by Crippen LogP contribution is -2.48. The summed E-state index contributed by atoms with van der Waals surface area (Å²) in [4.78, 5) is 20.4. The Labute approximate surface area is 202 Å². The first-order valence-electron chi connectivity index (χ1n) is 11.1. The minimum atomic E-state index is -0.00830. The summed E-state index contributed by atoms with van der Waals surface area (Å²) in [5, 5.41) is 3.40. The first kappa shape index (κ1) is 25.9. The Hall–Kier alpha value is -1.33. The average Bonchev–Trinajstić information content (AvgIpc) is 3.29. The lowest BCUT2D eigenvalue weighted by Gasteiger charge is -2.35. The maximum Gasteiger partial charge on any atom is 0.243 e. The van der Waals surface area contributed by atoms with Gasteiger partial charge in [-0.15, -0.1) is 24.0 Å². The van der Waals surface area contributed by atoms with Crippen LogP contribution in [0.3, 0.4) is 0 Å². The molecule has 9 heteroatoms. The Morgan fingerprint density at radius 2 is 2.10 bits per heavy atom. The fourth-order valence-corrected chi connectivity index (χ4v) is 3.72. The number of nitrogens with one attached hydrogen (secondary N) is 1. The monoisotopic (exact) mass is 548 g/mol. The van der Waals surface area contributed by atoms with Crippen molar-refractivity contribution >= 4 is 35.8 Å². The summed E-state index contributed by atoms with van der Waals surface area (Å²) >= 11 is 0. The smallest absolute Gasteiger partial charge is 0.243 e. The van der Waals surface area contributed by atoms with Crippen molar-refractivity contribution in [1.82, 2.24) is 15.1 Å². The van der Waals surface area contributed by atoms with Crippen LogP contribution in [0.2, 0.25) is 0 Å². The molecule has 1 unspecified atom stereocenters. The number of ether oxygens (including phenoxy) is 2. The lowest BCUT2D eigenvalue weighted by molar-refractivity contribution is -0.127. The van der Waals surface area contributed by atoms with E-state index in [2.05, 4.69) is 15.2 Å². The van der Waals surface area contributed by atoms with Gasteiger partial charge in [0.25, 0.3) is 0 Å². The van der Waals surface area contributed by atoms with Crippen LogP contribution >= 0.6 is 24.0 Å². The number of carbonyl (C=O) groups excluding carboxylic acids is 1. The summed E-state index contributed by atoms with van der Waals surface area (Å²) in [7, 11) is 3.50. The van der Waals surface area contributed by atoms with E-state index in [-0.39, 0.29) is 48.6 Å². The highest BCUT2D eigenvalue weighted by molar-refractivity contribution is 14.0. The first-order valence-corrected chi connectivity index (χ1v) is 11.1. The van der Waals surface area contributed by atoms with Crippen LogP contribution < -0.4 is 5.32 Å². The number of halogens is 1. The van der Waals surface area contributed by atoms with Gasteiger partial charge in [0.15, 0.2) is 5.96 Å². The van der Waals surface area contributed by atoms with Gasteiger partial charge in [0, 0.05) is 46.8 Å². The van der Waals surface area contributed by atoms with Crippen LogP contribution in [-0.2, 0) is 20.7 Å². The molecule has 0 radical (unpaired) electrons. The molecule has 31 heavy (non-hydrogen) atoms. The van der Waals surface area contributed by atoms with E-state index in [0.29, 0.717) is 13.2 Å². The molecule has 3 rings (SSSR count). The van der Waals surface area contributed by atoms with Gasteiger partial charge in [0.1, 0.15) is 12.3 Å². The van der Waals surface area contributed by atoms with Crippen LogP contribution in [0.15, 0.2) is 27.8 Å². The van der Waals surface area contributed by atoms with Crippen LogP contribution in [-0.4, -0.2) is 87.4 Å². The number of amides is 1. The van der Waals surface area contributed by atoms with Gasteiger partial charge in [-0.25, -0.2) is 4.99 Å². The number of carbonyl (C=O) groups is 1. The van der Waals surface area contributed by atoms with Crippen molar-refractivity contribution in [1.29, 1.82) is 0 Å². The lowest BCUT2D eigenvalue weighted by atomic mass is 10.1. The van der Waals surface area contributed by atoms with Crippen molar-refractivity contribution in [2.75, 3.05) is 53.5 Å². The van der Waals surface area contributed by atoms with E-state index >= 15 is 0 Å². The summed E-state index contributed by atoms with van der Waals surface area (Å²) in [5.41, 5.74) is 0. The van der Waals surface area contributed by atoms with Crippen molar-refractivity contribution in [2.24, 2.45) is 4.99 Å². The number of hydrogen-bond donors (Lipinski definition) is 1. The van der Waals surface area contributed by atoms with E-state index in [1.165, 1.54) is 12.8 Å². The normalized spacial score (nSPS) is 20.3. The number of aliphatic imine (C=N–C) groups is 1. The first-order chi connectivity index (χ1) is 14.6. The Balaban J connectivity index is 0.00000341. The predicted octanol–water partition coefficient (Wildman–Crippen LogP) is 2.52. The van der Waals surface area contributed by atoms with Gasteiger partial charge >= 0.3 is 0 Å². The topological polar surface area (TPSA) is 79.5 Å². The van der Waals surface area contributed by atoms with E-state index in [9.17, 15) is 4.79 Å². The van der Waals surface area contributed by atoms with Crippen molar-refractivity contribution in [3.8, 4) is 0 Å². The van der Waals surface area contributed by atoms with Crippen LogP contribution in [0, 0.1) is 0 Å². The van der Waals surface area contributed by atoms with Gasteiger partial charge in [-0.2, -0.15) is 0 Å². The zero-order valence-electron chi connectivity index (χ0n) is 18.8. The molecule has 0 saturated carbocycles. The van der Waals surface area contributed by atoms with Crippen LogP contribution in [0.25, 0.3) is 0 Å². The standard InChI is InChI=1S/C22H36N4O4.HI/c1-25(2)21(27)16-24-22(23-11-8-18-7-5-15-28-18)26-12-9-19(10-13-26)30-17-20-6-3-4-14-29-20;/h5,7,15,19-20H,3-4,6,8-14,16-17H2,1-2H3,(H,23,24);1H. The second-order valence-corrected chi connectivity index (χ2v) is 8.19. The number of likely N-dealkylation sites (N-methyl/N-ethyl adjacent to an activating group) is 1. The molecule has 0 bridgehead atoms. The number of rotatable bonds is 8. The van der Waals surface area contributed by atoms with Gasteiger partial charge in [0.05, 0.1) is 25.1 Å². The van der Waals surface area contributed by atoms with Crippen molar-refractivity contribution in [2.45, 2.75) is 50.7 Å². The minimum absolute atomic E-state index is 0. The Morgan fingerprint density at radius 1 is 1.29 bits per heavy atom. The average molecular weight is 548 g/mol. The van der Waals surface area contributed by atoms with E-state index in [4.69, 9.17) is 13.9 Å². The largest absolute Gasteiger partial charge is 0.469 e. The van der Waals surface area contributed by atoms with E-state index in [0.717, 1.165) is 57.1 Å². The fourth-order valence-electron chi connectivity index (χ4n) is 3.72. The third-order valence-electron chi connectivity index (χ3n) is 5.63. The second kappa shape index (κ2) is 13.9. The summed E-state index contributed by atoms with van der Waals surface area (Å²) in [6.07, 6.45) is 8.39. The van der Waals surface area contributed by atoms with E-state index < -0.39 is 0 Å². The molecule has 2 aliphatic heterocycles. The maximum atomic E-state index is 12.0. The SMILES string of the molecule is CN(C)C(=O)CN=C(NCCc1ccco1)N1CCC(OCC2CCCCO2)CC1.I. The van der Waals surface area contributed by atoms with Crippen LogP contribution in [0.4, 0.5) is 0 Å². The van der Waals surface area contributed by atoms with Gasteiger partial charge in [-0.1, -0.05) is 0 Å². The molecule has 1 amide bonds. The zero-order valence-corrected chi connectivity index (χ0v) is 21.1. The van der Waals surface area contributed by atoms with Gasteiger partial charge in [-0.3, -0.25) is 4.79 Å². The predicted molar refractivity (Wildman–Crippen MR) is 131 cm³/mol. The number of likely N-dealkylation sites (tertiary alicyclic amines) is 1. The molecular formula is C22H37IN4O4.